The van der Waals surface area contributed by atoms with Gasteiger partial charge in [-0.3, -0.25) is 14.4 Å². The van der Waals surface area contributed by atoms with E-state index in [0.717, 1.165) is 69.6 Å². The van der Waals surface area contributed by atoms with E-state index in [4.69, 9.17) is 18.9 Å². The Kier molecular flexibility index (Phi) is 11.7. The first-order chi connectivity index (χ1) is 25.6. The zero-order valence-corrected chi connectivity index (χ0v) is 35.9. The Morgan fingerprint density at radius 1 is 0.691 bits per heavy atom. The van der Waals surface area contributed by atoms with Gasteiger partial charge in [-0.2, -0.15) is 0 Å². The molecule has 9 nitrogen and oxygen atoms in total. The lowest BCUT2D eigenvalue weighted by Crippen LogP contribution is -2.61. The van der Waals surface area contributed by atoms with E-state index in [-0.39, 0.29) is 52.5 Å². The Morgan fingerprint density at radius 2 is 1.16 bits per heavy atom. The quantitative estimate of drug-likeness (QED) is 0.180. The van der Waals surface area contributed by atoms with Crippen LogP contribution in [0, 0.1) is 57.7 Å². The van der Waals surface area contributed by atoms with Crippen LogP contribution in [0.15, 0.2) is 0 Å². The van der Waals surface area contributed by atoms with Gasteiger partial charge in [-0.25, -0.2) is 4.79 Å². The van der Waals surface area contributed by atoms with Crippen molar-refractivity contribution in [3.8, 4) is 0 Å². The fraction of sp³-hybridized carbons (Fsp3) is 0.913. The molecule has 10 rings (SSSR count). The number of esters is 4. The molecule has 0 aromatic rings. The molecule has 1 saturated heterocycles. The minimum absolute atomic E-state index is 0.0185. The largest absolute Gasteiger partial charge is 0.459 e. The monoisotopic (exact) mass is 771 g/mol. The van der Waals surface area contributed by atoms with Crippen LogP contribution in [0.1, 0.15) is 178 Å². The average Bonchev–Trinajstić information content (AvgIpc) is 3.67. The smallest absolute Gasteiger partial charge is 0.348 e. The lowest BCUT2D eigenvalue weighted by molar-refractivity contribution is -0.225. The molecule has 9 heteroatoms. The van der Waals surface area contributed by atoms with Gasteiger partial charge in [0, 0.05) is 12.3 Å². The summed E-state index contributed by atoms with van der Waals surface area (Å²) in [4.78, 5) is 48.4. The maximum Gasteiger partial charge on any atom is 0.348 e. The summed E-state index contributed by atoms with van der Waals surface area (Å²) in [5.74, 6) is 3.58. The van der Waals surface area contributed by atoms with Crippen LogP contribution >= 0.6 is 0 Å². The van der Waals surface area contributed by atoms with E-state index in [9.17, 15) is 24.3 Å². The summed E-state index contributed by atoms with van der Waals surface area (Å²) in [5.41, 5.74) is -2.36. The summed E-state index contributed by atoms with van der Waals surface area (Å²) in [6.45, 7) is 19.8. The van der Waals surface area contributed by atoms with E-state index >= 15 is 0 Å². The van der Waals surface area contributed by atoms with Crippen LogP contribution in [0.25, 0.3) is 0 Å². The van der Waals surface area contributed by atoms with Crippen molar-refractivity contribution in [2.24, 2.45) is 57.7 Å². The molecule has 0 aromatic heterocycles. The third kappa shape index (κ3) is 8.53. The van der Waals surface area contributed by atoms with Crippen molar-refractivity contribution in [1.82, 2.24) is 0 Å². The molecule has 55 heavy (non-hydrogen) atoms. The van der Waals surface area contributed by atoms with Crippen molar-refractivity contribution in [3.05, 3.63) is 0 Å². The average molecular weight is 771 g/mol. The van der Waals surface area contributed by atoms with Gasteiger partial charge in [0.25, 0.3) is 0 Å². The maximum atomic E-state index is 12.5. The highest BCUT2D eigenvalue weighted by molar-refractivity contribution is 5.83. The predicted octanol–water partition coefficient (Wildman–Crippen LogP) is 9.29. The molecule has 0 amide bonds. The molecule has 5 unspecified atom stereocenters. The van der Waals surface area contributed by atoms with Gasteiger partial charge in [0.2, 0.25) is 6.10 Å². The first-order valence-corrected chi connectivity index (χ1v) is 22.2. The van der Waals surface area contributed by atoms with E-state index < -0.39 is 22.5 Å². The number of ether oxygens (including phenoxy) is 4. The van der Waals surface area contributed by atoms with Crippen LogP contribution in [0.4, 0.5) is 0 Å². The van der Waals surface area contributed by atoms with Gasteiger partial charge >= 0.3 is 23.9 Å². The molecule has 0 radical (unpaired) electrons. The van der Waals surface area contributed by atoms with Gasteiger partial charge in [0.05, 0.1) is 21.8 Å². The third-order valence-corrected chi connectivity index (χ3v) is 16.3. The van der Waals surface area contributed by atoms with E-state index in [1.807, 2.05) is 55.4 Å². The van der Waals surface area contributed by atoms with Gasteiger partial charge in [-0.15, -0.1) is 0 Å². The van der Waals surface area contributed by atoms with E-state index in [2.05, 4.69) is 13.8 Å². The van der Waals surface area contributed by atoms with E-state index in [0.29, 0.717) is 36.5 Å². The highest BCUT2D eigenvalue weighted by atomic mass is 16.6. The first kappa shape index (κ1) is 42.4. The summed E-state index contributed by atoms with van der Waals surface area (Å²) in [7, 11) is 0. The zero-order chi connectivity index (χ0) is 40.4. The van der Waals surface area contributed by atoms with Gasteiger partial charge < -0.3 is 24.1 Å². The maximum absolute atomic E-state index is 12.5. The number of rotatable bonds is 9. The lowest BCUT2D eigenvalue weighted by atomic mass is 9.50. The predicted molar refractivity (Wildman–Crippen MR) is 209 cm³/mol. The number of carbonyl (C=O) groups excluding carboxylic acids is 4. The molecule has 5 atom stereocenters. The van der Waals surface area contributed by atoms with Gasteiger partial charge in [0.15, 0.2) is 0 Å². The number of aliphatic hydroxyl groups is 1. The highest BCUT2D eigenvalue weighted by Crippen LogP contribution is 2.61. The van der Waals surface area contributed by atoms with Crippen LogP contribution in [-0.4, -0.2) is 58.0 Å². The van der Waals surface area contributed by atoms with Crippen LogP contribution < -0.4 is 0 Å². The molecule has 312 valence electrons. The third-order valence-electron chi connectivity index (χ3n) is 16.3. The zero-order valence-electron chi connectivity index (χ0n) is 35.9. The van der Waals surface area contributed by atoms with Gasteiger partial charge in [-0.1, -0.05) is 20.8 Å². The Hall–Kier alpha value is -2.16. The van der Waals surface area contributed by atoms with Crippen molar-refractivity contribution >= 4 is 23.9 Å². The lowest BCUT2D eigenvalue weighted by Gasteiger charge is -2.59. The van der Waals surface area contributed by atoms with Gasteiger partial charge in [0.1, 0.15) is 17.3 Å². The Balaban J connectivity index is 0.000000141. The number of hydrogen-bond acceptors (Lipinski definition) is 9. The van der Waals surface area contributed by atoms with Crippen LogP contribution in [0.2, 0.25) is 0 Å². The second-order valence-electron chi connectivity index (χ2n) is 21.7. The van der Waals surface area contributed by atoms with Crippen molar-refractivity contribution in [2.45, 2.75) is 207 Å². The molecule has 9 saturated carbocycles. The molecule has 1 aliphatic heterocycles. The summed E-state index contributed by atoms with van der Waals surface area (Å²) >= 11 is 0. The number of carbonyl (C=O) groups is 4. The molecule has 9 aliphatic carbocycles. The number of fused-ring (bicyclic) bond motifs is 1. The molecular weight excluding hydrogens is 696 g/mol. The Labute approximate surface area is 331 Å². The summed E-state index contributed by atoms with van der Waals surface area (Å²) in [6, 6.07) is 0. The van der Waals surface area contributed by atoms with Crippen molar-refractivity contribution in [1.29, 1.82) is 0 Å². The molecule has 1 N–H and O–H groups in total. The fourth-order valence-electron chi connectivity index (χ4n) is 11.9. The standard InChI is InChI=1S/C17H28O2.C16H26O3.C13H20O4/c1-5-16(2,3)15(18)19-17(4)13-7-11-6-12(9-13)10-14(17)8-11;1-4-14(2,3)13(17)19-16-8-11-5-12(9-16)7-15(18,6-11)10-16;1-4-13(2,3)12(15)17-10-8-6-5-7-9(8)16-11(10)14/h11-14H,5-10H2,1-4H3;11-12,18H,4-10H2,1-3H3;8-10H,4-7H2,1-3H3. The first-order valence-electron chi connectivity index (χ1n) is 22.2. The highest BCUT2D eigenvalue weighted by Gasteiger charge is 2.60. The Bertz CT molecular complexity index is 1420. The molecule has 0 aromatic carbocycles. The van der Waals surface area contributed by atoms with Gasteiger partial charge in [-0.05, 0) is 187 Å². The van der Waals surface area contributed by atoms with E-state index in [1.54, 1.807) is 0 Å². The van der Waals surface area contributed by atoms with Crippen LogP contribution in [0.3, 0.4) is 0 Å². The normalized spacial score (nSPS) is 40.6. The number of hydrogen-bond donors (Lipinski definition) is 1. The van der Waals surface area contributed by atoms with Crippen molar-refractivity contribution < 1.29 is 43.2 Å². The molecule has 10 fully saturated rings. The molecule has 8 bridgehead atoms. The molecule has 10 aliphatic rings. The SMILES string of the molecule is CCC(C)(C)C(=O)OC1(C)C2CC3CC(C2)CC1C3.CCC(C)(C)C(=O)OC12CC3CC(CC(O)(C3)C1)C2.CCC(C)(C)C(=O)OC1C(=O)OC2CCCC21. The summed E-state index contributed by atoms with van der Waals surface area (Å²) in [5, 5.41) is 10.6. The van der Waals surface area contributed by atoms with Crippen LogP contribution in [0.5, 0.6) is 0 Å². The summed E-state index contributed by atoms with van der Waals surface area (Å²) in [6.07, 6.45) is 16.8. The minimum atomic E-state index is -0.666. The second-order valence-corrected chi connectivity index (χ2v) is 21.7. The Morgan fingerprint density at radius 3 is 1.65 bits per heavy atom. The molecule has 0 spiro atoms. The van der Waals surface area contributed by atoms with Crippen molar-refractivity contribution in [3.63, 3.8) is 0 Å². The minimum Gasteiger partial charge on any atom is -0.459 e. The van der Waals surface area contributed by atoms with Crippen molar-refractivity contribution in [2.75, 3.05) is 0 Å². The van der Waals surface area contributed by atoms with E-state index in [1.165, 1.54) is 38.5 Å². The molecular formula is C46H74O9. The molecule has 1 heterocycles. The second kappa shape index (κ2) is 15.2. The fourth-order valence-corrected chi connectivity index (χ4v) is 11.9. The summed E-state index contributed by atoms with van der Waals surface area (Å²) < 4.78 is 22.7. The van der Waals surface area contributed by atoms with Crippen LogP contribution in [-0.2, 0) is 38.1 Å². The topological polar surface area (TPSA) is 125 Å².